The molecule has 1 saturated heterocycles. The fourth-order valence-corrected chi connectivity index (χ4v) is 3.68. The molecule has 3 heterocycles. The molecule has 0 aliphatic carbocycles. The number of carbonyl (C=O) groups is 1. The summed E-state index contributed by atoms with van der Waals surface area (Å²) in [7, 11) is 0. The van der Waals surface area contributed by atoms with Crippen LogP contribution in [0.2, 0.25) is 0 Å². The smallest absolute Gasteiger partial charge is 0.316 e. The summed E-state index contributed by atoms with van der Waals surface area (Å²) >= 11 is 0. The lowest BCUT2D eigenvalue weighted by Crippen LogP contribution is -2.48. The van der Waals surface area contributed by atoms with Crippen molar-refractivity contribution in [1.82, 2.24) is 25.3 Å². The standard InChI is InChI=1S/C25H30FN5O6/c1-25(23(34)27-9-2-11-32)14-36-22(37-15-25)21-30-19(16-4-6-17(26)7-5-16)20(31-21)18-8-10-28-24(29-18)35-13-3-12-33/h4-8,10,22,32-33H,2-3,9,11-15H2,1H3,(H,27,34)(H,30,31). The van der Waals surface area contributed by atoms with Crippen molar-refractivity contribution in [1.29, 1.82) is 0 Å². The molecule has 0 saturated carbocycles. The Hall–Kier alpha value is -3.45. The Balaban J connectivity index is 1.58. The molecule has 2 aromatic heterocycles. The lowest BCUT2D eigenvalue weighted by atomic mass is 9.91. The fraction of sp³-hybridized carbons (Fsp3) is 0.440. The summed E-state index contributed by atoms with van der Waals surface area (Å²) in [4.78, 5) is 29.0. The van der Waals surface area contributed by atoms with Gasteiger partial charge in [-0.1, -0.05) is 0 Å². The summed E-state index contributed by atoms with van der Waals surface area (Å²) in [6.07, 6.45) is 1.58. The van der Waals surface area contributed by atoms with Crippen LogP contribution in [0.5, 0.6) is 6.01 Å². The number of rotatable bonds is 11. The van der Waals surface area contributed by atoms with Crippen LogP contribution in [0.25, 0.3) is 22.6 Å². The van der Waals surface area contributed by atoms with Gasteiger partial charge in [0.2, 0.25) is 12.2 Å². The number of benzene rings is 1. The maximum absolute atomic E-state index is 13.6. The van der Waals surface area contributed by atoms with Crippen molar-refractivity contribution in [3.05, 3.63) is 48.2 Å². The van der Waals surface area contributed by atoms with E-state index in [1.807, 2.05) is 0 Å². The summed E-state index contributed by atoms with van der Waals surface area (Å²) < 4.78 is 30.9. The monoisotopic (exact) mass is 515 g/mol. The number of aliphatic hydroxyl groups is 2. The van der Waals surface area contributed by atoms with Crippen LogP contribution in [-0.4, -0.2) is 75.6 Å². The first-order chi connectivity index (χ1) is 17.9. The van der Waals surface area contributed by atoms with Gasteiger partial charge in [-0.05, 0) is 43.7 Å². The second kappa shape index (κ2) is 12.2. The van der Waals surface area contributed by atoms with Crippen LogP contribution in [0.15, 0.2) is 36.5 Å². The van der Waals surface area contributed by atoms with Gasteiger partial charge in [-0.3, -0.25) is 4.79 Å². The van der Waals surface area contributed by atoms with Crippen molar-refractivity contribution in [2.75, 3.05) is 39.6 Å². The molecule has 0 spiro atoms. The molecular formula is C25H30FN5O6. The Morgan fingerprint density at radius 3 is 2.59 bits per heavy atom. The molecule has 37 heavy (non-hydrogen) atoms. The maximum atomic E-state index is 13.6. The molecule has 1 aromatic carbocycles. The highest BCUT2D eigenvalue weighted by Crippen LogP contribution is 2.35. The Labute approximate surface area is 213 Å². The maximum Gasteiger partial charge on any atom is 0.316 e. The van der Waals surface area contributed by atoms with Crippen molar-refractivity contribution in [3.63, 3.8) is 0 Å². The fourth-order valence-electron chi connectivity index (χ4n) is 3.68. The van der Waals surface area contributed by atoms with E-state index in [2.05, 4.69) is 25.3 Å². The third-order valence-corrected chi connectivity index (χ3v) is 5.76. The average molecular weight is 516 g/mol. The highest BCUT2D eigenvalue weighted by molar-refractivity contribution is 5.82. The molecule has 4 N–H and O–H groups in total. The van der Waals surface area contributed by atoms with E-state index < -0.39 is 11.7 Å². The van der Waals surface area contributed by atoms with E-state index in [9.17, 15) is 9.18 Å². The first-order valence-corrected chi connectivity index (χ1v) is 12.0. The van der Waals surface area contributed by atoms with E-state index in [0.29, 0.717) is 47.9 Å². The summed E-state index contributed by atoms with van der Waals surface area (Å²) in [5.41, 5.74) is 1.25. The Kier molecular flexibility index (Phi) is 8.77. The van der Waals surface area contributed by atoms with E-state index in [4.69, 9.17) is 24.4 Å². The minimum absolute atomic E-state index is 0.00804. The van der Waals surface area contributed by atoms with Crippen molar-refractivity contribution >= 4 is 5.91 Å². The molecule has 3 aromatic rings. The zero-order valence-electron chi connectivity index (χ0n) is 20.4. The number of ether oxygens (including phenoxy) is 3. The van der Waals surface area contributed by atoms with Gasteiger partial charge in [-0.2, -0.15) is 4.98 Å². The van der Waals surface area contributed by atoms with Crippen molar-refractivity contribution in [3.8, 4) is 28.7 Å². The van der Waals surface area contributed by atoms with E-state index >= 15 is 0 Å². The van der Waals surface area contributed by atoms with Gasteiger partial charge in [0.1, 0.15) is 5.82 Å². The predicted octanol–water partition coefficient (Wildman–Crippen LogP) is 1.98. The molecule has 0 atom stereocenters. The molecular weight excluding hydrogens is 485 g/mol. The molecule has 12 heteroatoms. The molecule has 0 unspecified atom stereocenters. The minimum Gasteiger partial charge on any atom is -0.463 e. The third kappa shape index (κ3) is 6.46. The van der Waals surface area contributed by atoms with Crippen LogP contribution >= 0.6 is 0 Å². The van der Waals surface area contributed by atoms with E-state index in [-0.39, 0.29) is 50.8 Å². The first-order valence-electron chi connectivity index (χ1n) is 12.0. The summed E-state index contributed by atoms with van der Waals surface area (Å²) in [5.74, 6) is -0.238. The zero-order chi connectivity index (χ0) is 26.3. The largest absolute Gasteiger partial charge is 0.463 e. The summed E-state index contributed by atoms with van der Waals surface area (Å²) in [6, 6.07) is 7.71. The summed E-state index contributed by atoms with van der Waals surface area (Å²) in [6.45, 7) is 2.54. The van der Waals surface area contributed by atoms with Gasteiger partial charge in [0, 0.05) is 37.9 Å². The number of aliphatic hydroxyl groups excluding tert-OH is 2. The highest BCUT2D eigenvalue weighted by atomic mass is 19.1. The van der Waals surface area contributed by atoms with Crippen molar-refractivity contribution in [2.24, 2.45) is 5.41 Å². The van der Waals surface area contributed by atoms with Gasteiger partial charge in [-0.25, -0.2) is 14.4 Å². The Morgan fingerprint density at radius 2 is 1.89 bits per heavy atom. The van der Waals surface area contributed by atoms with Crippen LogP contribution in [-0.2, 0) is 14.3 Å². The normalized spacial score (nSPS) is 19.5. The van der Waals surface area contributed by atoms with Gasteiger partial charge < -0.3 is 34.7 Å². The molecule has 1 aliphatic heterocycles. The van der Waals surface area contributed by atoms with Crippen LogP contribution in [0.1, 0.15) is 31.9 Å². The second-order valence-electron chi connectivity index (χ2n) is 8.85. The lowest BCUT2D eigenvalue weighted by Gasteiger charge is -2.35. The van der Waals surface area contributed by atoms with Crippen LogP contribution < -0.4 is 10.1 Å². The number of aromatic nitrogens is 4. The lowest BCUT2D eigenvalue weighted by molar-refractivity contribution is -0.231. The molecule has 0 radical (unpaired) electrons. The highest BCUT2D eigenvalue weighted by Gasteiger charge is 2.40. The van der Waals surface area contributed by atoms with E-state index in [0.717, 1.165) is 0 Å². The number of aromatic amines is 1. The van der Waals surface area contributed by atoms with Gasteiger partial charge in [-0.15, -0.1) is 0 Å². The molecule has 11 nitrogen and oxygen atoms in total. The predicted molar refractivity (Wildman–Crippen MR) is 130 cm³/mol. The topological polar surface area (TPSA) is 152 Å². The van der Waals surface area contributed by atoms with Gasteiger partial charge >= 0.3 is 6.01 Å². The summed E-state index contributed by atoms with van der Waals surface area (Å²) in [5, 5.41) is 20.7. The molecule has 0 bridgehead atoms. The molecule has 1 fully saturated rings. The zero-order valence-corrected chi connectivity index (χ0v) is 20.4. The van der Waals surface area contributed by atoms with Gasteiger partial charge in [0.05, 0.1) is 42.3 Å². The van der Waals surface area contributed by atoms with E-state index in [1.54, 1.807) is 31.3 Å². The van der Waals surface area contributed by atoms with Gasteiger partial charge in [0.15, 0.2) is 5.82 Å². The number of carbonyl (C=O) groups excluding carboxylic acids is 1. The first kappa shape index (κ1) is 26.6. The SMILES string of the molecule is CC1(C(=O)NCCCO)COC(c2nc(-c3ccc(F)cc3)c(-c3ccnc(OCCCO)n3)[nH]2)OC1. The van der Waals surface area contributed by atoms with E-state index in [1.165, 1.54) is 12.1 Å². The van der Waals surface area contributed by atoms with Crippen molar-refractivity contribution < 1.29 is 33.6 Å². The number of halogens is 1. The molecule has 1 amide bonds. The minimum atomic E-state index is -0.894. The van der Waals surface area contributed by atoms with Crippen molar-refractivity contribution in [2.45, 2.75) is 26.1 Å². The number of nitrogens with zero attached hydrogens (tertiary/aromatic N) is 3. The molecule has 198 valence electrons. The number of imidazole rings is 1. The quantitative estimate of drug-likeness (QED) is 0.281. The molecule has 4 rings (SSSR count). The number of H-pyrrole nitrogens is 1. The second-order valence-corrected chi connectivity index (χ2v) is 8.85. The third-order valence-electron chi connectivity index (χ3n) is 5.76. The van der Waals surface area contributed by atoms with Crippen LogP contribution in [0, 0.1) is 11.2 Å². The number of hydrogen-bond acceptors (Lipinski definition) is 9. The van der Waals surface area contributed by atoms with Crippen LogP contribution in [0.3, 0.4) is 0 Å². The van der Waals surface area contributed by atoms with Gasteiger partial charge in [0.25, 0.3) is 0 Å². The number of amides is 1. The average Bonchev–Trinajstić information content (AvgIpc) is 3.35. The molecule has 1 aliphatic rings. The number of nitrogens with one attached hydrogen (secondary N) is 2. The van der Waals surface area contributed by atoms with Crippen LogP contribution in [0.4, 0.5) is 4.39 Å². The Morgan fingerprint density at radius 1 is 1.16 bits per heavy atom. The number of hydrogen-bond donors (Lipinski definition) is 4. The Bertz CT molecular complexity index is 1180.